The van der Waals surface area contributed by atoms with E-state index in [9.17, 15) is 0 Å². The van der Waals surface area contributed by atoms with Crippen molar-refractivity contribution in [2.45, 2.75) is 24.9 Å². The quantitative estimate of drug-likeness (QED) is 0.789. The maximum atomic E-state index is 4.39. The Balaban J connectivity index is 1.77. The third-order valence-electron chi connectivity index (χ3n) is 2.78. The lowest BCUT2D eigenvalue weighted by Gasteiger charge is -2.07. The highest BCUT2D eigenvalue weighted by Gasteiger charge is 2.19. The molecule has 1 aliphatic rings. The van der Waals surface area contributed by atoms with Gasteiger partial charge >= 0.3 is 0 Å². The highest BCUT2D eigenvalue weighted by Crippen LogP contribution is 2.22. The second-order valence-corrected chi connectivity index (χ2v) is 5.13. The van der Waals surface area contributed by atoms with Gasteiger partial charge in [0.2, 0.25) is 5.16 Å². The summed E-state index contributed by atoms with van der Waals surface area (Å²) in [5.74, 6) is 2.94. The van der Waals surface area contributed by atoms with E-state index in [0.717, 1.165) is 29.1 Å². The Morgan fingerprint density at radius 2 is 2.47 bits per heavy atom. The molecule has 1 atom stereocenters. The summed E-state index contributed by atoms with van der Waals surface area (Å²) in [4.78, 5) is 6.78. The topological polar surface area (TPSA) is 44.8 Å². The van der Waals surface area contributed by atoms with Crippen LogP contribution >= 0.6 is 11.8 Å². The van der Waals surface area contributed by atoms with Crippen LogP contribution in [0.1, 0.15) is 19.2 Å². The Kier molecular flexibility index (Phi) is 3.64. The molecule has 2 heterocycles. The largest absolute Gasteiger partial charge is 0.306 e. The monoisotopic (exact) mass is 226 g/mol. The first kappa shape index (κ1) is 11.0. The Bertz CT molecular complexity index is 312. The smallest absolute Gasteiger partial charge is 0.208 e. The lowest BCUT2D eigenvalue weighted by atomic mass is 10.2. The van der Waals surface area contributed by atoms with Crippen LogP contribution in [-0.4, -0.2) is 46.0 Å². The molecule has 4 nitrogen and oxygen atoms in total. The lowest BCUT2D eigenvalue weighted by molar-refractivity contribution is 0.403. The molecule has 0 aromatic carbocycles. The SMILES string of the molecule is CCc1nc(SCC2CCN(C)C2)n[nH]1. The number of thioether (sulfide) groups is 1. The number of rotatable bonds is 4. The van der Waals surface area contributed by atoms with Gasteiger partial charge in [-0.05, 0) is 25.9 Å². The van der Waals surface area contributed by atoms with Crippen LogP contribution in [0.15, 0.2) is 5.16 Å². The van der Waals surface area contributed by atoms with E-state index < -0.39 is 0 Å². The van der Waals surface area contributed by atoms with E-state index in [1.165, 1.54) is 19.5 Å². The summed E-state index contributed by atoms with van der Waals surface area (Å²) in [6, 6.07) is 0. The first-order chi connectivity index (χ1) is 7.28. The molecular weight excluding hydrogens is 208 g/mol. The number of hydrogen-bond donors (Lipinski definition) is 1. The summed E-state index contributed by atoms with van der Waals surface area (Å²) in [5.41, 5.74) is 0. The Morgan fingerprint density at radius 1 is 1.60 bits per heavy atom. The van der Waals surface area contributed by atoms with Gasteiger partial charge in [-0.1, -0.05) is 18.7 Å². The van der Waals surface area contributed by atoms with Crippen LogP contribution in [0.2, 0.25) is 0 Å². The first-order valence-corrected chi connectivity index (χ1v) is 6.49. The van der Waals surface area contributed by atoms with Crippen molar-refractivity contribution < 1.29 is 0 Å². The van der Waals surface area contributed by atoms with Gasteiger partial charge in [-0.15, -0.1) is 5.10 Å². The van der Waals surface area contributed by atoms with Gasteiger partial charge < -0.3 is 4.90 Å². The second kappa shape index (κ2) is 4.99. The van der Waals surface area contributed by atoms with Crippen molar-refractivity contribution in [3.8, 4) is 0 Å². The maximum Gasteiger partial charge on any atom is 0.208 e. The fourth-order valence-corrected chi connectivity index (χ4v) is 2.80. The Morgan fingerprint density at radius 3 is 3.07 bits per heavy atom. The van der Waals surface area contributed by atoms with Gasteiger partial charge in [-0.2, -0.15) is 0 Å². The number of H-pyrrole nitrogens is 1. The Hall–Kier alpha value is -0.550. The molecule has 0 spiro atoms. The predicted octanol–water partition coefficient (Wildman–Crippen LogP) is 1.41. The fourth-order valence-electron chi connectivity index (χ4n) is 1.86. The zero-order valence-electron chi connectivity index (χ0n) is 9.36. The zero-order valence-corrected chi connectivity index (χ0v) is 10.2. The fraction of sp³-hybridized carbons (Fsp3) is 0.800. The molecule has 0 radical (unpaired) electrons. The van der Waals surface area contributed by atoms with Gasteiger partial charge in [0, 0.05) is 18.7 Å². The average molecular weight is 226 g/mol. The third kappa shape index (κ3) is 2.95. The number of likely N-dealkylation sites (tertiary alicyclic amines) is 1. The molecule has 15 heavy (non-hydrogen) atoms. The van der Waals surface area contributed by atoms with Crippen LogP contribution in [0.5, 0.6) is 0 Å². The minimum Gasteiger partial charge on any atom is -0.306 e. The van der Waals surface area contributed by atoms with E-state index in [2.05, 4.69) is 34.1 Å². The minimum atomic E-state index is 0.809. The van der Waals surface area contributed by atoms with Crippen LogP contribution in [-0.2, 0) is 6.42 Å². The number of nitrogens with one attached hydrogen (secondary N) is 1. The molecule has 0 aliphatic carbocycles. The van der Waals surface area contributed by atoms with Crippen molar-refractivity contribution in [2.75, 3.05) is 25.9 Å². The summed E-state index contributed by atoms with van der Waals surface area (Å²) in [7, 11) is 2.19. The minimum absolute atomic E-state index is 0.809. The molecule has 0 bridgehead atoms. The van der Waals surface area contributed by atoms with E-state index in [-0.39, 0.29) is 0 Å². The van der Waals surface area contributed by atoms with Crippen molar-refractivity contribution in [3.05, 3.63) is 5.82 Å². The van der Waals surface area contributed by atoms with Gasteiger partial charge in [0.25, 0.3) is 0 Å². The number of aromatic amines is 1. The summed E-state index contributed by atoms with van der Waals surface area (Å²) < 4.78 is 0. The molecule has 0 saturated carbocycles. The predicted molar refractivity (Wildman–Crippen MR) is 62.1 cm³/mol. The van der Waals surface area contributed by atoms with Gasteiger partial charge in [0.05, 0.1) is 0 Å². The van der Waals surface area contributed by atoms with Crippen LogP contribution in [0.3, 0.4) is 0 Å². The molecule has 0 amide bonds. The Labute approximate surface area is 94.8 Å². The highest BCUT2D eigenvalue weighted by atomic mass is 32.2. The maximum absolute atomic E-state index is 4.39. The van der Waals surface area contributed by atoms with Crippen molar-refractivity contribution in [2.24, 2.45) is 5.92 Å². The van der Waals surface area contributed by atoms with Crippen molar-refractivity contribution in [1.29, 1.82) is 0 Å². The van der Waals surface area contributed by atoms with E-state index in [0.29, 0.717) is 0 Å². The van der Waals surface area contributed by atoms with Gasteiger partial charge in [-0.3, -0.25) is 5.10 Å². The molecule has 1 aliphatic heterocycles. The number of aromatic nitrogens is 3. The van der Waals surface area contributed by atoms with E-state index in [1.807, 2.05) is 0 Å². The lowest BCUT2D eigenvalue weighted by Crippen LogP contribution is -2.14. The van der Waals surface area contributed by atoms with Gasteiger partial charge in [0.15, 0.2) is 0 Å². The van der Waals surface area contributed by atoms with E-state index in [4.69, 9.17) is 0 Å². The molecule has 1 unspecified atom stereocenters. The molecule has 1 N–H and O–H groups in total. The van der Waals surface area contributed by atoms with E-state index in [1.54, 1.807) is 11.8 Å². The van der Waals surface area contributed by atoms with Crippen LogP contribution < -0.4 is 0 Å². The zero-order chi connectivity index (χ0) is 10.7. The van der Waals surface area contributed by atoms with Crippen molar-refractivity contribution in [3.63, 3.8) is 0 Å². The standard InChI is InChI=1S/C10H18N4S/c1-3-9-11-10(13-12-9)15-7-8-4-5-14(2)6-8/h8H,3-7H2,1-2H3,(H,11,12,13). The number of nitrogens with zero attached hydrogens (tertiary/aromatic N) is 3. The van der Waals surface area contributed by atoms with Gasteiger partial charge in [0.1, 0.15) is 5.82 Å². The van der Waals surface area contributed by atoms with Crippen molar-refractivity contribution in [1.82, 2.24) is 20.1 Å². The van der Waals surface area contributed by atoms with E-state index >= 15 is 0 Å². The molecule has 5 heteroatoms. The van der Waals surface area contributed by atoms with Gasteiger partial charge in [-0.25, -0.2) is 4.98 Å². The molecular formula is C10H18N4S. The average Bonchev–Trinajstić information content (AvgIpc) is 2.83. The number of aryl methyl sites for hydroxylation is 1. The summed E-state index contributed by atoms with van der Waals surface area (Å²) in [6.45, 7) is 4.54. The molecule has 1 aromatic rings. The molecule has 1 fully saturated rings. The summed E-state index contributed by atoms with van der Waals surface area (Å²) in [5, 5.41) is 8.03. The summed E-state index contributed by atoms with van der Waals surface area (Å²) >= 11 is 1.78. The second-order valence-electron chi connectivity index (χ2n) is 4.15. The van der Waals surface area contributed by atoms with Crippen LogP contribution in [0.4, 0.5) is 0 Å². The molecule has 1 saturated heterocycles. The molecule has 2 rings (SSSR count). The highest BCUT2D eigenvalue weighted by molar-refractivity contribution is 7.99. The van der Waals surface area contributed by atoms with Crippen LogP contribution in [0.25, 0.3) is 0 Å². The molecule has 1 aromatic heterocycles. The first-order valence-electron chi connectivity index (χ1n) is 5.50. The number of hydrogen-bond acceptors (Lipinski definition) is 4. The normalized spacial score (nSPS) is 22.4. The van der Waals surface area contributed by atoms with Crippen molar-refractivity contribution >= 4 is 11.8 Å². The van der Waals surface area contributed by atoms with Crippen LogP contribution in [0, 0.1) is 5.92 Å². The molecule has 84 valence electrons. The third-order valence-corrected chi connectivity index (χ3v) is 3.86. The summed E-state index contributed by atoms with van der Waals surface area (Å²) in [6.07, 6.45) is 2.24.